The van der Waals surface area contributed by atoms with Crippen molar-refractivity contribution in [3.63, 3.8) is 0 Å². The van der Waals surface area contributed by atoms with Gasteiger partial charge in [0.2, 0.25) is 0 Å². The summed E-state index contributed by atoms with van der Waals surface area (Å²) in [5.74, 6) is 0.576. The molecule has 0 amide bonds. The van der Waals surface area contributed by atoms with E-state index in [0.717, 1.165) is 12.1 Å². The van der Waals surface area contributed by atoms with Gasteiger partial charge in [-0.2, -0.15) is 0 Å². The standard InChI is InChI=1S/C19H24N2/c1-12-7-5-8-13(2)18(12)21-17-11-15(4)20-19-14(3)9-6-10-16(17)19/h5,7-8,11,14H,6,9-10H2,1-4H3,(H,20,21). The highest BCUT2D eigenvalue weighted by atomic mass is 14.9. The summed E-state index contributed by atoms with van der Waals surface area (Å²) in [6.45, 7) is 8.72. The van der Waals surface area contributed by atoms with Crippen molar-refractivity contribution >= 4 is 11.4 Å². The largest absolute Gasteiger partial charge is 0.355 e. The Kier molecular flexibility index (Phi) is 3.71. The topological polar surface area (TPSA) is 24.9 Å². The van der Waals surface area contributed by atoms with Crippen LogP contribution in [0.15, 0.2) is 24.3 Å². The smallest absolute Gasteiger partial charge is 0.0487 e. The molecule has 2 aromatic rings. The van der Waals surface area contributed by atoms with Crippen LogP contribution < -0.4 is 5.32 Å². The minimum absolute atomic E-state index is 0.576. The average Bonchev–Trinajstić information content (AvgIpc) is 2.44. The first-order chi connectivity index (χ1) is 10.1. The molecule has 1 atom stereocenters. The average molecular weight is 280 g/mol. The summed E-state index contributed by atoms with van der Waals surface area (Å²) in [6, 6.07) is 8.64. The lowest BCUT2D eigenvalue weighted by atomic mass is 9.86. The van der Waals surface area contributed by atoms with Crippen LogP contribution in [-0.2, 0) is 6.42 Å². The van der Waals surface area contributed by atoms with Crippen LogP contribution in [0.3, 0.4) is 0 Å². The fraction of sp³-hybridized carbons (Fsp3) is 0.421. The Hall–Kier alpha value is -1.83. The SMILES string of the molecule is Cc1cc(Nc2c(C)cccc2C)c2c(n1)C(C)CCC2. The first-order valence-corrected chi connectivity index (χ1v) is 7.90. The molecule has 1 aliphatic rings. The second kappa shape index (κ2) is 5.51. The lowest BCUT2D eigenvalue weighted by molar-refractivity contribution is 0.573. The van der Waals surface area contributed by atoms with Gasteiger partial charge in [0.1, 0.15) is 0 Å². The number of hydrogen-bond donors (Lipinski definition) is 1. The van der Waals surface area contributed by atoms with Gasteiger partial charge in [0.25, 0.3) is 0 Å². The number of nitrogens with one attached hydrogen (secondary N) is 1. The van der Waals surface area contributed by atoms with Gasteiger partial charge in [-0.3, -0.25) is 4.98 Å². The zero-order valence-corrected chi connectivity index (χ0v) is 13.5. The van der Waals surface area contributed by atoms with Crippen LogP contribution in [-0.4, -0.2) is 4.98 Å². The van der Waals surface area contributed by atoms with Crippen LogP contribution in [0.25, 0.3) is 0 Å². The van der Waals surface area contributed by atoms with Crippen molar-refractivity contribution in [1.82, 2.24) is 4.98 Å². The maximum absolute atomic E-state index is 4.80. The van der Waals surface area contributed by atoms with E-state index in [-0.39, 0.29) is 0 Å². The number of hydrogen-bond acceptors (Lipinski definition) is 2. The van der Waals surface area contributed by atoms with Crippen LogP contribution in [0.4, 0.5) is 11.4 Å². The van der Waals surface area contributed by atoms with E-state index in [2.05, 4.69) is 57.3 Å². The molecule has 21 heavy (non-hydrogen) atoms. The number of rotatable bonds is 2. The van der Waals surface area contributed by atoms with Crippen molar-refractivity contribution in [1.29, 1.82) is 0 Å². The second-order valence-electron chi connectivity index (χ2n) is 6.36. The maximum atomic E-state index is 4.80. The number of fused-ring (bicyclic) bond motifs is 1. The molecule has 0 spiro atoms. The normalized spacial score (nSPS) is 17.4. The fourth-order valence-electron chi connectivity index (χ4n) is 3.37. The number of anilines is 2. The zero-order chi connectivity index (χ0) is 15.0. The summed E-state index contributed by atoms with van der Waals surface area (Å²) in [7, 11) is 0. The Labute approximate surface area is 127 Å². The Morgan fingerprint density at radius 3 is 2.57 bits per heavy atom. The lowest BCUT2D eigenvalue weighted by Crippen LogP contribution is -2.13. The molecule has 0 saturated carbocycles. The van der Waals surface area contributed by atoms with E-state index in [9.17, 15) is 0 Å². The molecule has 1 N–H and O–H groups in total. The summed E-state index contributed by atoms with van der Waals surface area (Å²) < 4.78 is 0. The first kappa shape index (κ1) is 14.1. The van der Waals surface area contributed by atoms with Crippen molar-refractivity contribution in [3.05, 3.63) is 52.3 Å². The highest BCUT2D eigenvalue weighted by molar-refractivity contribution is 5.70. The van der Waals surface area contributed by atoms with E-state index in [1.807, 2.05) is 0 Å². The molecule has 110 valence electrons. The highest BCUT2D eigenvalue weighted by Crippen LogP contribution is 2.36. The van der Waals surface area contributed by atoms with Crippen LogP contribution >= 0.6 is 0 Å². The van der Waals surface area contributed by atoms with Crippen molar-refractivity contribution in [2.75, 3.05) is 5.32 Å². The van der Waals surface area contributed by atoms with E-state index in [0.29, 0.717) is 5.92 Å². The predicted octanol–water partition coefficient (Wildman–Crippen LogP) is 5.19. The monoisotopic (exact) mass is 280 g/mol. The molecule has 1 aromatic carbocycles. The molecule has 3 rings (SSSR count). The molecule has 0 radical (unpaired) electrons. The summed E-state index contributed by atoms with van der Waals surface area (Å²) in [6.07, 6.45) is 3.66. The minimum Gasteiger partial charge on any atom is -0.355 e. The summed E-state index contributed by atoms with van der Waals surface area (Å²) in [5, 5.41) is 3.69. The Bertz CT molecular complexity index is 653. The van der Waals surface area contributed by atoms with Gasteiger partial charge in [0.15, 0.2) is 0 Å². The summed E-state index contributed by atoms with van der Waals surface area (Å²) >= 11 is 0. The van der Waals surface area contributed by atoms with Gasteiger partial charge in [-0.25, -0.2) is 0 Å². The van der Waals surface area contributed by atoms with Gasteiger partial charge in [-0.05, 0) is 68.7 Å². The van der Waals surface area contributed by atoms with E-state index >= 15 is 0 Å². The van der Waals surface area contributed by atoms with E-state index in [4.69, 9.17) is 4.98 Å². The van der Waals surface area contributed by atoms with Gasteiger partial charge in [-0.15, -0.1) is 0 Å². The van der Waals surface area contributed by atoms with Gasteiger partial charge < -0.3 is 5.32 Å². The molecule has 1 unspecified atom stereocenters. The third-order valence-corrected chi connectivity index (χ3v) is 4.56. The van der Waals surface area contributed by atoms with Crippen LogP contribution in [0.1, 0.15) is 53.8 Å². The fourth-order valence-corrected chi connectivity index (χ4v) is 3.37. The first-order valence-electron chi connectivity index (χ1n) is 7.90. The van der Waals surface area contributed by atoms with Crippen LogP contribution in [0, 0.1) is 20.8 Å². The quantitative estimate of drug-likeness (QED) is 0.818. The molecule has 0 aliphatic heterocycles. The molecule has 1 aliphatic carbocycles. The van der Waals surface area contributed by atoms with Crippen molar-refractivity contribution < 1.29 is 0 Å². The zero-order valence-electron chi connectivity index (χ0n) is 13.5. The molecule has 2 heteroatoms. The maximum Gasteiger partial charge on any atom is 0.0487 e. The van der Waals surface area contributed by atoms with Crippen molar-refractivity contribution in [2.24, 2.45) is 0 Å². The molecular formula is C19H24N2. The Balaban J connectivity index is 2.07. The predicted molar refractivity (Wildman–Crippen MR) is 89.5 cm³/mol. The minimum atomic E-state index is 0.576. The second-order valence-corrected chi connectivity index (χ2v) is 6.36. The number of aryl methyl sites for hydroxylation is 3. The van der Waals surface area contributed by atoms with Gasteiger partial charge in [0.05, 0.1) is 0 Å². The third kappa shape index (κ3) is 2.67. The molecule has 1 aromatic heterocycles. The van der Waals surface area contributed by atoms with Crippen LogP contribution in [0.2, 0.25) is 0 Å². The van der Waals surface area contributed by atoms with E-state index in [1.165, 1.54) is 46.6 Å². The highest BCUT2D eigenvalue weighted by Gasteiger charge is 2.21. The lowest BCUT2D eigenvalue weighted by Gasteiger charge is -2.25. The molecule has 0 bridgehead atoms. The number of pyridine rings is 1. The summed E-state index contributed by atoms with van der Waals surface area (Å²) in [5.41, 5.74) is 8.90. The van der Waals surface area contributed by atoms with Gasteiger partial charge in [0, 0.05) is 22.8 Å². The number of para-hydroxylation sites is 1. The van der Waals surface area contributed by atoms with Crippen molar-refractivity contribution in [2.45, 2.75) is 52.9 Å². The molecular weight excluding hydrogens is 256 g/mol. The van der Waals surface area contributed by atoms with Crippen LogP contribution in [0.5, 0.6) is 0 Å². The molecule has 0 fully saturated rings. The van der Waals surface area contributed by atoms with Crippen molar-refractivity contribution in [3.8, 4) is 0 Å². The molecule has 2 nitrogen and oxygen atoms in total. The Morgan fingerprint density at radius 1 is 1.14 bits per heavy atom. The molecule has 0 saturated heterocycles. The third-order valence-electron chi connectivity index (χ3n) is 4.56. The summed E-state index contributed by atoms with van der Waals surface area (Å²) in [4.78, 5) is 4.80. The van der Waals surface area contributed by atoms with E-state index in [1.54, 1.807) is 0 Å². The molecule has 1 heterocycles. The number of aromatic nitrogens is 1. The van der Waals surface area contributed by atoms with E-state index < -0.39 is 0 Å². The number of benzene rings is 1. The Morgan fingerprint density at radius 2 is 1.86 bits per heavy atom. The van der Waals surface area contributed by atoms with Gasteiger partial charge >= 0.3 is 0 Å². The number of nitrogens with zero attached hydrogens (tertiary/aromatic N) is 1. The van der Waals surface area contributed by atoms with Gasteiger partial charge in [-0.1, -0.05) is 25.1 Å².